The number of carbonyl (C=O) groups excluding carboxylic acids is 1. The van der Waals surface area contributed by atoms with Crippen LogP contribution in [0.25, 0.3) is 11.0 Å². The van der Waals surface area contributed by atoms with Crippen LogP contribution in [0.3, 0.4) is 0 Å². The molecule has 6 nitrogen and oxygen atoms in total. The number of rotatable bonds is 3. The first-order chi connectivity index (χ1) is 14.2. The van der Waals surface area contributed by atoms with Gasteiger partial charge < -0.3 is 19.2 Å². The predicted molar refractivity (Wildman–Crippen MR) is 115 cm³/mol. The molecule has 1 saturated heterocycles. The van der Waals surface area contributed by atoms with E-state index < -0.39 is 11.7 Å². The van der Waals surface area contributed by atoms with E-state index in [4.69, 9.17) is 9.15 Å². The van der Waals surface area contributed by atoms with Crippen molar-refractivity contribution in [2.45, 2.75) is 71.5 Å². The fraction of sp³-hybridized carbons (Fsp3) is 0.583. The number of nitrogens with zero attached hydrogens (tertiary/aromatic N) is 1. The van der Waals surface area contributed by atoms with Gasteiger partial charge in [-0.3, -0.25) is 4.79 Å². The number of aliphatic hydroxyl groups is 1. The number of likely N-dealkylation sites (tertiary alicyclic amines) is 1. The summed E-state index contributed by atoms with van der Waals surface area (Å²) in [6.07, 6.45) is 3.96. The lowest BCUT2D eigenvalue weighted by Gasteiger charge is -2.47. The molecule has 1 aromatic heterocycles. The number of hydrogen-bond donors (Lipinski definition) is 1. The zero-order valence-electron chi connectivity index (χ0n) is 18.3. The van der Waals surface area contributed by atoms with Gasteiger partial charge in [0.25, 0.3) is 5.91 Å². The summed E-state index contributed by atoms with van der Waals surface area (Å²) < 4.78 is 11.5. The molecule has 2 aliphatic rings. The molecule has 1 aliphatic carbocycles. The van der Waals surface area contributed by atoms with Gasteiger partial charge in [-0.2, -0.15) is 0 Å². The molecular formula is C24H31NO5. The Morgan fingerprint density at radius 3 is 2.73 bits per heavy atom. The van der Waals surface area contributed by atoms with Gasteiger partial charge in [-0.1, -0.05) is 12.8 Å². The fourth-order valence-corrected chi connectivity index (χ4v) is 5.02. The maximum Gasteiger partial charge on any atom is 0.339 e. The van der Waals surface area contributed by atoms with Gasteiger partial charge in [-0.05, 0) is 64.7 Å². The molecule has 0 radical (unpaired) electrons. The molecule has 1 saturated carbocycles. The second kappa shape index (κ2) is 7.73. The fourth-order valence-electron chi connectivity index (χ4n) is 5.02. The summed E-state index contributed by atoms with van der Waals surface area (Å²) in [6, 6.07) is 3.72. The van der Waals surface area contributed by atoms with E-state index in [1.807, 2.05) is 30.9 Å². The van der Waals surface area contributed by atoms with Crippen LogP contribution in [0, 0.1) is 26.7 Å². The first-order valence-electron chi connectivity index (χ1n) is 10.9. The average molecular weight is 414 g/mol. The lowest BCUT2D eigenvalue weighted by Crippen LogP contribution is -2.56. The number of hydrogen-bond acceptors (Lipinski definition) is 5. The standard InChI is InChI=1S/C24H31NO5/c1-14-15(2)23(27)30-21-16(3)20(9-8-19(14)21)29-17(4)22(26)25-12-11-24(28)10-6-5-7-18(24)13-25/h8-9,17-18,28H,5-7,10-13H2,1-4H3/t17-,18-,24+/m1/s1. The molecule has 0 spiro atoms. The van der Waals surface area contributed by atoms with Gasteiger partial charge in [0.05, 0.1) is 5.60 Å². The molecule has 2 heterocycles. The number of amides is 1. The molecule has 6 heteroatoms. The highest BCUT2D eigenvalue weighted by Crippen LogP contribution is 2.40. The van der Waals surface area contributed by atoms with E-state index in [-0.39, 0.29) is 17.5 Å². The highest BCUT2D eigenvalue weighted by molar-refractivity contribution is 5.86. The number of fused-ring (bicyclic) bond motifs is 2. The Hall–Kier alpha value is -2.34. The zero-order valence-corrected chi connectivity index (χ0v) is 18.3. The number of benzene rings is 1. The third-order valence-electron chi connectivity index (χ3n) is 7.21. The molecule has 0 bridgehead atoms. The third-order valence-corrected chi connectivity index (χ3v) is 7.21. The number of ether oxygens (including phenoxy) is 1. The smallest absolute Gasteiger partial charge is 0.339 e. The lowest BCUT2D eigenvalue weighted by atomic mass is 9.71. The van der Waals surface area contributed by atoms with Gasteiger partial charge in [0.15, 0.2) is 6.10 Å². The second-order valence-corrected chi connectivity index (χ2v) is 9.05. The monoisotopic (exact) mass is 413 g/mol. The summed E-state index contributed by atoms with van der Waals surface area (Å²) in [5, 5.41) is 11.7. The van der Waals surface area contributed by atoms with Crippen LogP contribution in [-0.2, 0) is 4.79 Å². The zero-order chi connectivity index (χ0) is 21.6. The van der Waals surface area contributed by atoms with Crippen LogP contribution in [0.4, 0.5) is 0 Å². The molecule has 1 amide bonds. The Bertz CT molecular complexity index is 1040. The molecule has 4 rings (SSSR count). The lowest BCUT2D eigenvalue weighted by molar-refractivity contribution is -0.149. The van der Waals surface area contributed by atoms with E-state index >= 15 is 0 Å². The van der Waals surface area contributed by atoms with Crippen molar-refractivity contribution in [1.29, 1.82) is 0 Å². The summed E-state index contributed by atoms with van der Waals surface area (Å²) in [5.74, 6) is 0.628. The number of carbonyl (C=O) groups is 1. The third kappa shape index (κ3) is 3.51. The molecule has 2 aromatic rings. The van der Waals surface area contributed by atoms with Crippen molar-refractivity contribution in [2.75, 3.05) is 13.1 Å². The molecule has 162 valence electrons. The summed E-state index contributed by atoms with van der Waals surface area (Å²) in [6.45, 7) is 8.41. The predicted octanol–water partition coefficient (Wildman–Crippen LogP) is 3.64. The Morgan fingerprint density at radius 1 is 1.20 bits per heavy atom. The number of aryl methyl sites for hydroxylation is 2. The highest BCUT2D eigenvalue weighted by atomic mass is 16.5. The minimum Gasteiger partial charge on any atom is -0.480 e. The van der Waals surface area contributed by atoms with Crippen molar-refractivity contribution < 1.29 is 19.1 Å². The van der Waals surface area contributed by atoms with Crippen LogP contribution in [-0.4, -0.2) is 40.7 Å². The molecular weight excluding hydrogens is 382 g/mol. The molecule has 1 aliphatic heterocycles. The van der Waals surface area contributed by atoms with Crippen LogP contribution in [0.2, 0.25) is 0 Å². The Balaban J connectivity index is 1.52. The van der Waals surface area contributed by atoms with Gasteiger partial charge >= 0.3 is 5.63 Å². The van der Waals surface area contributed by atoms with Crippen molar-refractivity contribution >= 4 is 16.9 Å². The van der Waals surface area contributed by atoms with Crippen LogP contribution in [0.5, 0.6) is 5.75 Å². The van der Waals surface area contributed by atoms with E-state index in [0.29, 0.717) is 42.0 Å². The molecule has 3 atom stereocenters. The van der Waals surface area contributed by atoms with Gasteiger partial charge in [-0.25, -0.2) is 4.79 Å². The van der Waals surface area contributed by atoms with E-state index in [2.05, 4.69) is 0 Å². The summed E-state index contributed by atoms with van der Waals surface area (Å²) in [5.41, 5.74) is 1.76. The summed E-state index contributed by atoms with van der Waals surface area (Å²) in [4.78, 5) is 27.0. The van der Waals surface area contributed by atoms with Crippen LogP contribution in [0.15, 0.2) is 21.3 Å². The second-order valence-electron chi connectivity index (χ2n) is 9.05. The minimum absolute atomic E-state index is 0.0661. The van der Waals surface area contributed by atoms with Crippen molar-refractivity contribution in [3.05, 3.63) is 39.2 Å². The van der Waals surface area contributed by atoms with Crippen molar-refractivity contribution in [3.63, 3.8) is 0 Å². The number of piperidine rings is 1. The molecule has 2 fully saturated rings. The van der Waals surface area contributed by atoms with Crippen LogP contribution < -0.4 is 10.4 Å². The van der Waals surface area contributed by atoms with Crippen molar-refractivity contribution in [1.82, 2.24) is 4.90 Å². The normalized spacial score (nSPS) is 25.1. The van der Waals surface area contributed by atoms with Crippen LogP contribution in [0.1, 0.15) is 55.7 Å². The van der Waals surface area contributed by atoms with Crippen molar-refractivity contribution in [2.24, 2.45) is 5.92 Å². The van der Waals surface area contributed by atoms with Gasteiger partial charge in [0.1, 0.15) is 11.3 Å². The van der Waals surface area contributed by atoms with E-state index in [1.54, 1.807) is 13.8 Å². The van der Waals surface area contributed by atoms with E-state index in [9.17, 15) is 14.7 Å². The molecule has 30 heavy (non-hydrogen) atoms. The minimum atomic E-state index is -0.658. The maximum atomic E-state index is 13.1. The van der Waals surface area contributed by atoms with E-state index in [0.717, 1.165) is 36.6 Å². The average Bonchev–Trinajstić information content (AvgIpc) is 2.73. The molecule has 1 aromatic carbocycles. The van der Waals surface area contributed by atoms with Gasteiger partial charge in [0, 0.05) is 35.5 Å². The van der Waals surface area contributed by atoms with Gasteiger partial charge in [-0.15, -0.1) is 0 Å². The van der Waals surface area contributed by atoms with Crippen molar-refractivity contribution in [3.8, 4) is 5.75 Å². The molecule has 0 unspecified atom stereocenters. The SMILES string of the molecule is Cc1c(C)c2ccc(O[C@H](C)C(=O)N3CC[C@@]4(O)CCCC[C@@H]4C3)c(C)c2oc1=O. The largest absolute Gasteiger partial charge is 0.480 e. The van der Waals surface area contributed by atoms with E-state index in [1.165, 1.54) is 0 Å². The van der Waals surface area contributed by atoms with Crippen LogP contribution >= 0.6 is 0 Å². The quantitative estimate of drug-likeness (QED) is 0.777. The maximum absolute atomic E-state index is 13.1. The summed E-state index contributed by atoms with van der Waals surface area (Å²) in [7, 11) is 0. The molecule has 1 N–H and O–H groups in total. The Kier molecular flexibility index (Phi) is 5.39. The Labute approximate surface area is 176 Å². The van der Waals surface area contributed by atoms with Gasteiger partial charge in [0.2, 0.25) is 0 Å². The highest BCUT2D eigenvalue weighted by Gasteiger charge is 2.44. The Morgan fingerprint density at radius 2 is 1.97 bits per heavy atom. The topological polar surface area (TPSA) is 80.0 Å². The summed E-state index contributed by atoms with van der Waals surface area (Å²) >= 11 is 0. The first kappa shape index (κ1) is 20.9. The first-order valence-corrected chi connectivity index (χ1v) is 10.9.